The van der Waals surface area contributed by atoms with E-state index in [9.17, 15) is 0 Å². The fourth-order valence-corrected chi connectivity index (χ4v) is 2.16. The van der Waals surface area contributed by atoms with Crippen molar-refractivity contribution in [3.8, 4) is 10.0 Å². The van der Waals surface area contributed by atoms with E-state index in [-0.39, 0.29) is 0 Å². The minimum atomic E-state index is 0.859. The van der Waals surface area contributed by atoms with Crippen LogP contribution in [0.25, 0.3) is 10.0 Å². The lowest BCUT2D eigenvalue weighted by molar-refractivity contribution is 1.02. The van der Waals surface area contributed by atoms with Crippen LogP contribution >= 0.6 is 22.7 Å². The second-order valence-electron chi connectivity index (χ2n) is 2.25. The number of hydrogen-bond donors (Lipinski definition) is 0. The first-order chi connectivity index (χ1) is 5.75. The van der Waals surface area contributed by atoms with Crippen LogP contribution in [-0.4, -0.2) is 20.4 Å². The number of hydrogen-bond acceptors (Lipinski definition) is 6. The zero-order valence-electron chi connectivity index (χ0n) is 6.61. The van der Waals surface area contributed by atoms with E-state index in [1.165, 1.54) is 22.7 Å². The molecule has 2 heterocycles. The third-order valence-corrected chi connectivity index (χ3v) is 3.06. The van der Waals surface area contributed by atoms with E-state index in [0.717, 1.165) is 20.0 Å². The fraction of sp³-hybridized carbons (Fsp3) is 0.333. The first-order valence-electron chi connectivity index (χ1n) is 3.36. The molecule has 0 aliphatic heterocycles. The van der Waals surface area contributed by atoms with Crippen molar-refractivity contribution < 1.29 is 0 Å². The van der Waals surface area contributed by atoms with Crippen molar-refractivity contribution in [2.24, 2.45) is 0 Å². The molecule has 0 amide bonds. The highest BCUT2D eigenvalue weighted by Crippen LogP contribution is 2.25. The normalized spacial score (nSPS) is 10.5. The average Bonchev–Trinajstić information content (AvgIpc) is 2.58. The number of aromatic nitrogens is 4. The van der Waals surface area contributed by atoms with Gasteiger partial charge in [-0.05, 0) is 13.8 Å². The molecule has 12 heavy (non-hydrogen) atoms. The molecule has 2 rings (SSSR count). The Hall–Kier alpha value is -0.880. The highest BCUT2D eigenvalue weighted by Gasteiger charge is 2.08. The van der Waals surface area contributed by atoms with E-state index in [1.54, 1.807) is 0 Å². The Bertz CT molecular complexity index is 353. The summed E-state index contributed by atoms with van der Waals surface area (Å²) in [6, 6.07) is 0. The van der Waals surface area contributed by atoms with Crippen LogP contribution in [-0.2, 0) is 0 Å². The number of aryl methyl sites for hydroxylation is 2. The Labute approximate surface area is 77.3 Å². The molecule has 0 saturated heterocycles. The third kappa shape index (κ3) is 1.35. The molecule has 4 nitrogen and oxygen atoms in total. The average molecular weight is 198 g/mol. The highest BCUT2D eigenvalue weighted by atomic mass is 32.1. The molecule has 62 valence electrons. The lowest BCUT2D eigenvalue weighted by Gasteiger charge is -1.79. The molecule has 0 spiro atoms. The van der Waals surface area contributed by atoms with E-state index in [2.05, 4.69) is 20.4 Å². The molecule has 0 atom stereocenters. The number of rotatable bonds is 1. The summed E-state index contributed by atoms with van der Waals surface area (Å²) in [6.45, 7) is 3.85. The van der Waals surface area contributed by atoms with Crippen LogP contribution in [0, 0.1) is 13.8 Å². The lowest BCUT2D eigenvalue weighted by atomic mass is 10.8. The zero-order chi connectivity index (χ0) is 8.55. The molecular formula is C6H6N4S2. The van der Waals surface area contributed by atoms with Gasteiger partial charge in [-0.3, -0.25) is 0 Å². The van der Waals surface area contributed by atoms with Crippen LogP contribution in [0.1, 0.15) is 10.0 Å². The maximum Gasteiger partial charge on any atom is 0.178 e. The molecule has 0 N–H and O–H groups in total. The van der Waals surface area contributed by atoms with Crippen molar-refractivity contribution >= 4 is 22.7 Å². The van der Waals surface area contributed by atoms with Gasteiger partial charge in [0.25, 0.3) is 0 Å². The Morgan fingerprint density at radius 2 is 1.17 bits per heavy atom. The predicted molar refractivity (Wildman–Crippen MR) is 48.3 cm³/mol. The molecule has 0 aliphatic rings. The van der Waals surface area contributed by atoms with E-state index < -0.39 is 0 Å². The van der Waals surface area contributed by atoms with Gasteiger partial charge < -0.3 is 0 Å². The van der Waals surface area contributed by atoms with Crippen molar-refractivity contribution in [2.75, 3.05) is 0 Å². The molecule has 6 heteroatoms. The molecule has 0 radical (unpaired) electrons. The van der Waals surface area contributed by atoms with Gasteiger partial charge in [0.1, 0.15) is 10.0 Å². The molecular weight excluding hydrogens is 192 g/mol. The summed E-state index contributed by atoms with van der Waals surface area (Å²) in [4.78, 5) is 0. The van der Waals surface area contributed by atoms with Crippen LogP contribution in [0.3, 0.4) is 0 Å². The summed E-state index contributed by atoms with van der Waals surface area (Å²) in [5.41, 5.74) is 0. The van der Waals surface area contributed by atoms with Crippen molar-refractivity contribution in [2.45, 2.75) is 13.8 Å². The van der Waals surface area contributed by atoms with Gasteiger partial charge in [-0.2, -0.15) is 0 Å². The first-order valence-corrected chi connectivity index (χ1v) is 4.99. The smallest absolute Gasteiger partial charge is 0.143 e. The van der Waals surface area contributed by atoms with Crippen molar-refractivity contribution in [1.29, 1.82) is 0 Å². The molecule has 0 aliphatic carbocycles. The van der Waals surface area contributed by atoms with E-state index in [0.29, 0.717) is 0 Å². The van der Waals surface area contributed by atoms with Crippen LogP contribution in [0.5, 0.6) is 0 Å². The standard InChI is InChI=1S/C6H6N4S2/c1-3-7-9-5(11-3)6-10-8-4(2)12-6/h1-2H3. The Balaban J connectivity index is 2.43. The van der Waals surface area contributed by atoms with Gasteiger partial charge in [0.05, 0.1) is 0 Å². The molecule has 0 aromatic carbocycles. The van der Waals surface area contributed by atoms with Crippen molar-refractivity contribution in [3.05, 3.63) is 10.0 Å². The summed E-state index contributed by atoms with van der Waals surface area (Å²) in [5, 5.41) is 19.4. The predicted octanol–water partition coefficient (Wildman–Crippen LogP) is 1.67. The Morgan fingerprint density at radius 3 is 1.42 bits per heavy atom. The maximum atomic E-state index is 3.98. The van der Waals surface area contributed by atoms with Gasteiger partial charge in [0, 0.05) is 0 Å². The topological polar surface area (TPSA) is 51.6 Å². The first kappa shape index (κ1) is 7.75. The number of nitrogens with zero attached hydrogens (tertiary/aromatic N) is 4. The maximum absolute atomic E-state index is 3.98. The van der Waals surface area contributed by atoms with Gasteiger partial charge in [-0.1, -0.05) is 22.7 Å². The van der Waals surface area contributed by atoms with Crippen molar-refractivity contribution in [3.63, 3.8) is 0 Å². The summed E-state index contributed by atoms with van der Waals surface area (Å²) in [6.07, 6.45) is 0. The fourth-order valence-electron chi connectivity index (χ4n) is 0.766. The quantitative estimate of drug-likeness (QED) is 0.699. The Kier molecular flexibility index (Phi) is 1.86. The minimum Gasteiger partial charge on any atom is -0.143 e. The zero-order valence-corrected chi connectivity index (χ0v) is 8.24. The van der Waals surface area contributed by atoms with Crippen LogP contribution in [0.2, 0.25) is 0 Å². The van der Waals surface area contributed by atoms with E-state index in [4.69, 9.17) is 0 Å². The van der Waals surface area contributed by atoms with Gasteiger partial charge in [0.15, 0.2) is 10.0 Å². The van der Waals surface area contributed by atoms with Gasteiger partial charge in [-0.15, -0.1) is 20.4 Å². The molecule has 0 bridgehead atoms. The van der Waals surface area contributed by atoms with Gasteiger partial charge in [0.2, 0.25) is 0 Å². The molecule has 0 unspecified atom stereocenters. The highest BCUT2D eigenvalue weighted by molar-refractivity contribution is 7.21. The Morgan fingerprint density at radius 1 is 0.750 bits per heavy atom. The molecule has 2 aromatic heterocycles. The van der Waals surface area contributed by atoms with Crippen LogP contribution in [0.15, 0.2) is 0 Å². The SMILES string of the molecule is Cc1nnc(-c2nnc(C)s2)s1. The lowest BCUT2D eigenvalue weighted by Crippen LogP contribution is -1.75. The van der Waals surface area contributed by atoms with E-state index >= 15 is 0 Å². The molecule has 0 fully saturated rings. The summed E-state index contributed by atoms with van der Waals surface area (Å²) < 4.78 is 0. The van der Waals surface area contributed by atoms with Gasteiger partial charge in [-0.25, -0.2) is 0 Å². The minimum absolute atomic E-state index is 0.859. The molecule has 2 aromatic rings. The van der Waals surface area contributed by atoms with Crippen LogP contribution < -0.4 is 0 Å². The molecule has 0 saturated carbocycles. The van der Waals surface area contributed by atoms with Crippen LogP contribution in [0.4, 0.5) is 0 Å². The largest absolute Gasteiger partial charge is 0.178 e. The third-order valence-electron chi connectivity index (χ3n) is 1.24. The van der Waals surface area contributed by atoms with E-state index in [1.807, 2.05) is 13.8 Å². The summed E-state index contributed by atoms with van der Waals surface area (Å²) in [7, 11) is 0. The second-order valence-corrected chi connectivity index (χ2v) is 4.62. The van der Waals surface area contributed by atoms with Gasteiger partial charge >= 0.3 is 0 Å². The van der Waals surface area contributed by atoms with Crippen molar-refractivity contribution in [1.82, 2.24) is 20.4 Å². The summed E-state index contributed by atoms with van der Waals surface area (Å²) in [5.74, 6) is 0. The summed E-state index contributed by atoms with van der Waals surface area (Å²) >= 11 is 3.08. The monoisotopic (exact) mass is 198 g/mol. The second kappa shape index (κ2) is 2.87.